The molecule has 2 N–H and O–H groups in total. The maximum atomic E-state index is 12.4. The molecule has 7 heteroatoms. The second kappa shape index (κ2) is 6.37. The van der Waals surface area contributed by atoms with Crippen molar-refractivity contribution in [3.05, 3.63) is 57.6 Å². The summed E-state index contributed by atoms with van der Waals surface area (Å²) in [7, 11) is 0. The molecule has 3 aromatic heterocycles. The molecule has 0 atom stereocenters. The van der Waals surface area contributed by atoms with Crippen LogP contribution in [0, 0.1) is 0 Å². The Hall–Kier alpha value is -2.80. The lowest BCUT2D eigenvalue weighted by molar-refractivity contribution is 0.0694. The van der Waals surface area contributed by atoms with Gasteiger partial charge in [-0.2, -0.15) is 0 Å². The standard InChI is InChI=1S/C17H15N3O3S/c1-9(2)14-12(17(22)23)7-11(15(21)20-14)13-8-24-16(19-13)10-3-5-18-6-4-10/h3-9H,1-2H3,(H,20,21)(H,22,23). The fourth-order valence-electron chi connectivity index (χ4n) is 2.39. The molecule has 3 heterocycles. The van der Waals surface area contributed by atoms with E-state index in [1.807, 2.05) is 26.0 Å². The maximum absolute atomic E-state index is 12.4. The molecule has 0 aliphatic carbocycles. The molecule has 0 saturated heterocycles. The predicted octanol–water partition coefficient (Wildman–Crippen LogP) is 3.38. The number of aromatic amines is 1. The van der Waals surface area contributed by atoms with E-state index < -0.39 is 5.97 Å². The zero-order valence-electron chi connectivity index (χ0n) is 13.1. The maximum Gasteiger partial charge on any atom is 0.337 e. The van der Waals surface area contributed by atoms with Crippen molar-refractivity contribution in [2.75, 3.05) is 0 Å². The van der Waals surface area contributed by atoms with Crippen molar-refractivity contribution in [1.82, 2.24) is 15.0 Å². The van der Waals surface area contributed by atoms with Gasteiger partial charge in [0.05, 0.1) is 16.8 Å². The number of pyridine rings is 2. The third-order valence-electron chi connectivity index (χ3n) is 3.59. The Morgan fingerprint density at radius 1 is 1.29 bits per heavy atom. The van der Waals surface area contributed by atoms with Crippen molar-refractivity contribution in [2.45, 2.75) is 19.8 Å². The van der Waals surface area contributed by atoms with Crippen LogP contribution in [0.1, 0.15) is 35.8 Å². The summed E-state index contributed by atoms with van der Waals surface area (Å²) in [5, 5.41) is 11.9. The molecule has 24 heavy (non-hydrogen) atoms. The third-order valence-corrected chi connectivity index (χ3v) is 4.48. The third kappa shape index (κ3) is 2.98. The number of hydrogen-bond acceptors (Lipinski definition) is 5. The molecule has 0 aliphatic rings. The van der Waals surface area contributed by atoms with Gasteiger partial charge in [0.25, 0.3) is 5.56 Å². The first-order chi connectivity index (χ1) is 11.5. The molecule has 3 aromatic rings. The number of thiazole rings is 1. The van der Waals surface area contributed by atoms with Crippen LogP contribution < -0.4 is 5.56 Å². The van der Waals surface area contributed by atoms with E-state index in [1.165, 1.54) is 17.4 Å². The summed E-state index contributed by atoms with van der Waals surface area (Å²) in [6.45, 7) is 3.67. The second-order valence-corrected chi connectivity index (χ2v) is 6.43. The molecule has 0 bridgehead atoms. The van der Waals surface area contributed by atoms with Gasteiger partial charge in [0.2, 0.25) is 0 Å². The summed E-state index contributed by atoms with van der Waals surface area (Å²) in [5.41, 5.74) is 1.79. The van der Waals surface area contributed by atoms with Gasteiger partial charge in [0, 0.05) is 29.0 Å². The Labute approximate surface area is 141 Å². The summed E-state index contributed by atoms with van der Waals surface area (Å²) in [6, 6.07) is 5.07. The van der Waals surface area contributed by atoms with Gasteiger partial charge >= 0.3 is 5.97 Å². The molecular formula is C17H15N3O3S. The van der Waals surface area contributed by atoms with Gasteiger partial charge in [-0.25, -0.2) is 9.78 Å². The van der Waals surface area contributed by atoms with E-state index in [1.54, 1.807) is 17.8 Å². The normalized spacial score (nSPS) is 11.0. The predicted molar refractivity (Wildman–Crippen MR) is 92.5 cm³/mol. The number of aromatic carboxylic acids is 1. The van der Waals surface area contributed by atoms with E-state index in [2.05, 4.69) is 15.0 Å². The van der Waals surface area contributed by atoms with Crippen molar-refractivity contribution >= 4 is 17.3 Å². The molecule has 3 rings (SSSR count). The van der Waals surface area contributed by atoms with Gasteiger partial charge in [-0.15, -0.1) is 11.3 Å². The van der Waals surface area contributed by atoms with E-state index in [0.717, 1.165) is 10.6 Å². The molecular weight excluding hydrogens is 326 g/mol. The SMILES string of the molecule is CC(C)c1[nH]c(=O)c(-c2csc(-c3ccncc3)n2)cc1C(=O)O. The minimum Gasteiger partial charge on any atom is -0.478 e. The number of carbonyl (C=O) groups is 1. The average molecular weight is 341 g/mol. The molecule has 0 amide bonds. The van der Waals surface area contributed by atoms with Gasteiger partial charge < -0.3 is 10.1 Å². The zero-order valence-corrected chi connectivity index (χ0v) is 13.9. The fourth-order valence-corrected chi connectivity index (χ4v) is 3.22. The van der Waals surface area contributed by atoms with Crippen LogP contribution >= 0.6 is 11.3 Å². The first-order valence-electron chi connectivity index (χ1n) is 7.34. The van der Waals surface area contributed by atoms with Gasteiger partial charge in [0.1, 0.15) is 5.01 Å². The summed E-state index contributed by atoms with van der Waals surface area (Å²) in [5.74, 6) is -1.17. The lowest BCUT2D eigenvalue weighted by Crippen LogP contribution is -2.17. The Bertz CT molecular complexity index is 945. The van der Waals surface area contributed by atoms with Crippen molar-refractivity contribution in [3.8, 4) is 21.8 Å². The highest BCUT2D eigenvalue weighted by Crippen LogP contribution is 2.28. The van der Waals surface area contributed by atoms with Crippen molar-refractivity contribution in [3.63, 3.8) is 0 Å². The molecule has 0 saturated carbocycles. The number of carboxylic acids is 1. The summed E-state index contributed by atoms with van der Waals surface area (Å²) >= 11 is 1.39. The van der Waals surface area contributed by atoms with E-state index >= 15 is 0 Å². The smallest absolute Gasteiger partial charge is 0.337 e. The van der Waals surface area contributed by atoms with Crippen LogP contribution in [-0.2, 0) is 0 Å². The first-order valence-corrected chi connectivity index (χ1v) is 8.22. The van der Waals surface area contributed by atoms with Gasteiger partial charge in [0.15, 0.2) is 0 Å². The van der Waals surface area contributed by atoms with Crippen molar-refractivity contribution in [1.29, 1.82) is 0 Å². The highest BCUT2D eigenvalue weighted by molar-refractivity contribution is 7.13. The molecule has 0 radical (unpaired) electrons. The molecule has 0 unspecified atom stereocenters. The van der Waals surface area contributed by atoms with Crippen LogP contribution in [0.15, 0.2) is 40.8 Å². The lowest BCUT2D eigenvalue weighted by Gasteiger charge is -2.10. The molecule has 0 fully saturated rings. The number of H-pyrrole nitrogens is 1. The quantitative estimate of drug-likeness (QED) is 0.758. The summed E-state index contributed by atoms with van der Waals surface area (Å²) in [6.07, 6.45) is 3.34. The molecule has 0 aliphatic heterocycles. The molecule has 6 nitrogen and oxygen atoms in total. The number of carboxylic acid groups (broad SMARTS) is 1. The van der Waals surface area contributed by atoms with Crippen LogP contribution in [-0.4, -0.2) is 26.0 Å². The van der Waals surface area contributed by atoms with Gasteiger partial charge in [-0.3, -0.25) is 9.78 Å². The Morgan fingerprint density at radius 3 is 2.62 bits per heavy atom. The van der Waals surface area contributed by atoms with E-state index in [4.69, 9.17) is 0 Å². The number of nitrogens with zero attached hydrogens (tertiary/aromatic N) is 2. The Balaban J connectivity index is 2.10. The zero-order chi connectivity index (χ0) is 17.3. The minimum absolute atomic E-state index is 0.0954. The highest BCUT2D eigenvalue weighted by Gasteiger charge is 2.19. The molecule has 0 aromatic carbocycles. The van der Waals surface area contributed by atoms with E-state index in [9.17, 15) is 14.7 Å². The largest absolute Gasteiger partial charge is 0.478 e. The monoisotopic (exact) mass is 341 g/mol. The summed E-state index contributed by atoms with van der Waals surface area (Å²) in [4.78, 5) is 35.0. The number of nitrogens with one attached hydrogen (secondary N) is 1. The van der Waals surface area contributed by atoms with Crippen molar-refractivity contribution < 1.29 is 9.90 Å². The topological polar surface area (TPSA) is 95.9 Å². The van der Waals surface area contributed by atoms with Crippen LogP contribution in [0.4, 0.5) is 0 Å². The van der Waals surface area contributed by atoms with Crippen LogP contribution in [0.2, 0.25) is 0 Å². The molecule has 0 spiro atoms. The van der Waals surface area contributed by atoms with Gasteiger partial charge in [-0.1, -0.05) is 13.8 Å². The van der Waals surface area contributed by atoms with E-state index in [-0.39, 0.29) is 22.6 Å². The second-order valence-electron chi connectivity index (χ2n) is 5.57. The molecule has 122 valence electrons. The van der Waals surface area contributed by atoms with E-state index in [0.29, 0.717) is 11.4 Å². The fraction of sp³-hybridized carbons (Fsp3) is 0.176. The number of hydrogen-bond donors (Lipinski definition) is 2. The summed E-state index contributed by atoms with van der Waals surface area (Å²) < 4.78 is 0. The number of rotatable bonds is 4. The lowest BCUT2D eigenvalue weighted by atomic mass is 10.0. The average Bonchev–Trinajstić information content (AvgIpc) is 3.04. The van der Waals surface area contributed by atoms with Crippen LogP contribution in [0.5, 0.6) is 0 Å². The number of aromatic nitrogens is 3. The Kier molecular flexibility index (Phi) is 4.26. The van der Waals surface area contributed by atoms with Crippen molar-refractivity contribution in [2.24, 2.45) is 0 Å². The van der Waals surface area contributed by atoms with Crippen LogP contribution in [0.3, 0.4) is 0 Å². The van der Waals surface area contributed by atoms with Crippen LogP contribution in [0.25, 0.3) is 21.8 Å². The Morgan fingerprint density at radius 2 is 2.00 bits per heavy atom. The first kappa shape index (κ1) is 16.1. The van der Waals surface area contributed by atoms with Gasteiger partial charge in [-0.05, 0) is 24.1 Å². The minimum atomic E-state index is -1.07. The highest BCUT2D eigenvalue weighted by atomic mass is 32.1.